The minimum atomic E-state index is -1.02. The molecule has 1 amide bonds. The Kier molecular flexibility index (Phi) is 6.43. The number of halogens is 1. The van der Waals surface area contributed by atoms with Gasteiger partial charge in [0.1, 0.15) is 29.0 Å². The number of Topliss-reactive ketones (excluding diaryl/α,β-unsaturated/α-hetero) is 1. The van der Waals surface area contributed by atoms with Crippen LogP contribution in [0.1, 0.15) is 17.3 Å². The molecule has 9 heteroatoms. The van der Waals surface area contributed by atoms with Crippen molar-refractivity contribution < 1.29 is 28.9 Å². The number of aromatic nitrogens is 1. The molecular formula is C25H21ClN2O6. The molecular weight excluding hydrogens is 460 g/mol. The molecule has 1 saturated heterocycles. The van der Waals surface area contributed by atoms with Crippen molar-refractivity contribution in [2.45, 2.75) is 6.04 Å². The van der Waals surface area contributed by atoms with Gasteiger partial charge in [-0.3, -0.25) is 19.5 Å². The highest BCUT2D eigenvalue weighted by molar-refractivity contribution is 6.52. The number of benzene rings is 2. The normalized spacial score (nSPS) is 17.1. The van der Waals surface area contributed by atoms with Crippen molar-refractivity contribution in [1.82, 2.24) is 4.98 Å². The summed E-state index contributed by atoms with van der Waals surface area (Å²) in [6.07, 6.45) is 1.54. The number of amides is 1. The van der Waals surface area contributed by atoms with Gasteiger partial charge in [-0.25, -0.2) is 0 Å². The maximum absolute atomic E-state index is 13.3. The van der Waals surface area contributed by atoms with Crippen molar-refractivity contribution in [1.29, 1.82) is 0 Å². The third kappa shape index (κ3) is 3.82. The summed E-state index contributed by atoms with van der Waals surface area (Å²) in [7, 11) is 4.32. The Labute approximate surface area is 201 Å². The van der Waals surface area contributed by atoms with E-state index in [1.54, 1.807) is 48.7 Å². The Balaban J connectivity index is 2.00. The zero-order valence-electron chi connectivity index (χ0n) is 18.6. The van der Waals surface area contributed by atoms with Gasteiger partial charge >= 0.3 is 0 Å². The van der Waals surface area contributed by atoms with Crippen molar-refractivity contribution in [3.05, 3.63) is 82.6 Å². The highest BCUT2D eigenvalue weighted by Crippen LogP contribution is 2.46. The Bertz CT molecular complexity index is 1290. The molecule has 0 radical (unpaired) electrons. The standard InChI is InChI=1S/C25H21ClN2O6/c1-32-18-10-5-4-9-17(18)28-22(16-8-6-7-11-27-16)21(24(30)25(28)31)23(29)14-12-15(26)20(34-3)13-19(14)33-2/h4-13,22,29H,1-3H3/b23-21+. The van der Waals surface area contributed by atoms with Crippen LogP contribution in [-0.2, 0) is 9.59 Å². The minimum Gasteiger partial charge on any atom is -0.507 e. The van der Waals surface area contributed by atoms with E-state index in [2.05, 4.69) is 4.98 Å². The van der Waals surface area contributed by atoms with Crippen LogP contribution in [0.25, 0.3) is 5.76 Å². The largest absolute Gasteiger partial charge is 0.507 e. The monoisotopic (exact) mass is 480 g/mol. The topological polar surface area (TPSA) is 98.2 Å². The average molecular weight is 481 g/mol. The van der Waals surface area contributed by atoms with Crippen LogP contribution in [0.15, 0.2) is 66.4 Å². The van der Waals surface area contributed by atoms with Crippen molar-refractivity contribution in [2.24, 2.45) is 0 Å². The molecule has 1 aliphatic heterocycles. The summed E-state index contributed by atoms with van der Waals surface area (Å²) in [5.74, 6) is -1.25. The molecule has 1 N–H and O–H groups in total. The van der Waals surface area contributed by atoms with E-state index in [0.717, 1.165) is 0 Å². The number of methoxy groups -OCH3 is 3. The predicted molar refractivity (Wildman–Crippen MR) is 127 cm³/mol. The predicted octanol–water partition coefficient (Wildman–Crippen LogP) is 4.39. The van der Waals surface area contributed by atoms with Crippen molar-refractivity contribution >= 4 is 34.7 Å². The molecule has 0 spiro atoms. The first-order valence-electron chi connectivity index (χ1n) is 10.2. The third-order valence-corrected chi connectivity index (χ3v) is 5.78. The molecule has 1 unspecified atom stereocenters. The second kappa shape index (κ2) is 9.44. The molecule has 1 aliphatic rings. The lowest BCUT2D eigenvalue weighted by Gasteiger charge is -2.26. The van der Waals surface area contributed by atoms with Crippen LogP contribution in [0.2, 0.25) is 5.02 Å². The number of rotatable bonds is 6. The summed E-state index contributed by atoms with van der Waals surface area (Å²) in [6.45, 7) is 0. The number of pyridine rings is 1. The van der Waals surface area contributed by atoms with E-state index >= 15 is 0 Å². The first-order chi connectivity index (χ1) is 16.4. The molecule has 1 atom stereocenters. The Morgan fingerprint density at radius 3 is 2.26 bits per heavy atom. The Hall–Kier alpha value is -4.04. The fourth-order valence-electron chi connectivity index (χ4n) is 3.92. The average Bonchev–Trinajstić information content (AvgIpc) is 3.14. The number of hydrogen-bond donors (Lipinski definition) is 1. The van der Waals surface area contributed by atoms with E-state index in [4.69, 9.17) is 25.8 Å². The molecule has 0 bridgehead atoms. The number of carbonyl (C=O) groups is 2. The quantitative estimate of drug-likeness (QED) is 0.317. The second-order valence-corrected chi connectivity index (χ2v) is 7.69. The Morgan fingerprint density at radius 2 is 1.62 bits per heavy atom. The summed E-state index contributed by atoms with van der Waals surface area (Å²) in [5, 5.41) is 11.6. The van der Waals surface area contributed by atoms with E-state index in [1.165, 1.54) is 38.4 Å². The molecule has 4 rings (SSSR count). The summed E-state index contributed by atoms with van der Waals surface area (Å²) >= 11 is 6.29. The van der Waals surface area contributed by atoms with Crippen LogP contribution in [0.4, 0.5) is 5.69 Å². The van der Waals surface area contributed by atoms with Crippen molar-refractivity contribution in [3.63, 3.8) is 0 Å². The number of nitrogens with zero attached hydrogens (tertiary/aromatic N) is 2. The maximum atomic E-state index is 13.3. The number of aliphatic hydroxyl groups is 1. The van der Waals surface area contributed by atoms with E-state index in [-0.39, 0.29) is 21.9 Å². The van der Waals surface area contributed by atoms with Gasteiger partial charge in [0.05, 0.1) is 48.9 Å². The summed E-state index contributed by atoms with van der Waals surface area (Å²) in [4.78, 5) is 32.3. The van der Waals surface area contributed by atoms with Gasteiger partial charge in [-0.15, -0.1) is 0 Å². The lowest BCUT2D eigenvalue weighted by molar-refractivity contribution is -0.132. The number of carbonyl (C=O) groups excluding carboxylic acids is 2. The van der Waals surface area contributed by atoms with E-state index in [0.29, 0.717) is 22.9 Å². The fourth-order valence-corrected chi connectivity index (χ4v) is 4.16. The first kappa shape index (κ1) is 23.1. The molecule has 34 heavy (non-hydrogen) atoms. The van der Waals surface area contributed by atoms with Crippen molar-refractivity contribution in [2.75, 3.05) is 26.2 Å². The molecule has 1 fully saturated rings. The Morgan fingerprint density at radius 1 is 0.941 bits per heavy atom. The molecule has 3 aromatic rings. The summed E-state index contributed by atoms with van der Waals surface area (Å²) < 4.78 is 16.0. The highest BCUT2D eigenvalue weighted by atomic mass is 35.5. The van der Waals surface area contributed by atoms with Gasteiger partial charge in [0, 0.05) is 12.3 Å². The molecule has 174 valence electrons. The smallest absolute Gasteiger partial charge is 0.300 e. The molecule has 2 heterocycles. The van der Waals surface area contributed by atoms with Crippen LogP contribution in [-0.4, -0.2) is 43.1 Å². The highest BCUT2D eigenvalue weighted by Gasteiger charge is 2.48. The van der Waals surface area contributed by atoms with Crippen LogP contribution in [0.3, 0.4) is 0 Å². The van der Waals surface area contributed by atoms with Crippen LogP contribution >= 0.6 is 11.6 Å². The van der Waals surface area contributed by atoms with Gasteiger partial charge in [0.2, 0.25) is 0 Å². The number of anilines is 1. The number of para-hydroxylation sites is 2. The van der Waals surface area contributed by atoms with E-state index in [1.807, 2.05) is 0 Å². The SMILES string of the molecule is COc1cc(OC)c(/C(O)=C2\C(=O)C(=O)N(c3ccccc3OC)C2c2ccccn2)cc1Cl. The van der Waals surface area contributed by atoms with Crippen LogP contribution < -0.4 is 19.1 Å². The van der Waals surface area contributed by atoms with Gasteiger partial charge in [-0.1, -0.05) is 29.8 Å². The van der Waals surface area contributed by atoms with Crippen LogP contribution in [0, 0.1) is 0 Å². The molecule has 0 saturated carbocycles. The number of aliphatic hydroxyl groups excluding tert-OH is 1. The number of ether oxygens (including phenoxy) is 3. The van der Waals surface area contributed by atoms with E-state index in [9.17, 15) is 14.7 Å². The van der Waals surface area contributed by atoms with Gasteiger partial charge in [0.15, 0.2) is 0 Å². The fraction of sp³-hybridized carbons (Fsp3) is 0.160. The van der Waals surface area contributed by atoms with Gasteiger partial charge < -0.3 is 19.3 Å². The molecule has 1 aromatic heterocycles. The molecule has 0 aliphatic carbocycles. The third-order valence-electron chi connectivity index (χ3n) is 5.49. The zero-order valence-corrected chi connectivity index (χ0v) is 19.4. The zero-order chi connectivity index (χ0) is 24.4. The summed E-state index contributed by atoms with van der Waals surface area (Å²) in [6, 6.07) is 13.8. The number of hydrogen-bond acceptors (Lipinski definition) is 7. The second-order valence-electron chi connectivity index (χ2n) is 7.28. The number of ketones is 1. The maximum Gasteiger partial charge on any atom is 0.300 e. The van der Waals surface area contributed by atoms with Gasteiger partial charge in [0.25, 0.3) is 11.7 Å². The first-order valence-corrected chi connectivity index (χ1v) is 10.6. The lowest BCUT2D eigenvalue weighted by atomic mass is 9.97. The molecule has 8 nitrogen and oxygen atoms in total. The van der Waals surface area contributed by atoms with Gasteiger partial charge in [-0.05, 0) is 30.3 Å². The summed E-state index contributed by atoms with van der Waals surface area (Å²) in [5.41, 5.74) is 0.718. The van der Waals surface area contributed by atoms with Gasteiger partial charge in [-0.2, -0.15) is 0 Å². The van der Waals surface area contributed by atoms with Crippen molar-refractivity contribution in [3.8, 4) is 17.2 Å². The lowest BCUT2D eigenvalue weighted by Crippen LogP contribution is -2.30. The van der Waals surface area contributed by atoms with E-state index < -0.39 is 23.5 Å². The minimum absolute atomic E-state index is 0.132. The molecule has 2 aromatic carbocycles. The van der Waals surface area contributed by atoms with Crippen LogP contribution in [0.5, 0.6) is 17.2 Å².